The Balaban J connectivity index is 0.00000456. The molecule has 3 rings (SSSR count). The van der Waals surface area contributed by atoms with Crippen molar-refractivity contribution in [3.05, 3.63) is 59.2 Å². The Morgan fingerprint density at radius 1 is 1.11 bits per heavy atom. The van der Waals surface area contributed by atoms with Crippen molar-refractivity contribution >= 4 is 23.6 Å². The standard InChI is InChI=1S/C29H40N2O3S.Li/c1-21-9-7-8-12-24(21)26-19-23(20-31(2)17-15-22-10-5-4-6-11-22)13-14-25(26)28(32)30-27(29(33)34)16-18-35-3;/h7-9,12-14,19,22,27H,4-6,10-11,15-18,20H2,1-3H3,(H,30,32)(H,33,34);/q;+1/p-1/t27-;/m0./s1. The largest absolute Gasteiger partial charge is 1.00 e. The van der Waals surface area contributed by atoms with Crippen molar-refractivity contribution in [3.8, 4) is 11.1 Å². The summed E-state index contributed by atoms with van der Waals surface area (Å²) in [6.45, 7) is 3.90. The minimum Gasteiger partial charge on any atom is -0.548 e. The first-order valence-corrected chi connectivity index (χ1v) is 14.2. The molecule has 2 aromatic rings. The van der Waals surface area contributed by atoms with Gasteiger partial charge in [0.1, 0.15) is 0 Å². The van der Waals surface area contributed by atoms with E-state index in [0.717, 1.165) is 41.3 Å². The van der Waals surface area contributed by atoms with E-state index in [4.69, 9.17) is 0 Å². The van der Waals surface area contributed by atoms with Gasteiger partial charge in [0.2, 0.25) is 0 Å². The molecule has 0 spiro atoms. The van der Waals surface area contributed by atoms with Gasteiger partial charge in [0, 0.05) is 12.1 Å². The van der Waals surface area contributed by atoms with Crippen molar-refractivity contribution in [2.45, 2.75) is 64.5 Å². The number of hydrogen-bond acceptors (Lipinski definition) is 5. The van der Waals surface area contributed by atoms with Gasteiger partial charge in [-0.25, -0.2) is 0 Å². The van der Waals surface area contributed by atoms with Crippen LogP contribution in [0.4, 0.5) is 0 Å². The van der Waals surface area contributed by atoms with Gasteiger partial charge in [-0.15, -0.1) is 0 Å². The van der Waals surface area contributed by atoms with Crippen LogP contribution in [0.25, 0.3) is 11.1 Å². The summed E-state index contributed by atoms with van der Waals surface area (Å²) in [6.07, 6.45) is 10.3. The third-order valence-electron chi connectivity index (χ3n) is 7.06. The Hall–Kier alpha value is -1.71. The second-order valence-electron chi connectivity index (χ2n) is 9.85. The van der Waals surface area contributed by atoms with Crippen molar-refractivity contribution < 1.29 is 33.6 Å². The fraction of sp³-hybridized carbons (Fsp3) is 0.517. The van der Waals surface area contributed by atoms with E-state index < -0.39 is 12.0 Å². The molecular weight excluding hydrogens is 463 g/mol. The molecule has 0 heterocycles. The van der Waals surface area contributed by atoms with Crippen LogP contribution < -0.4 is 29.3 Å². The van der Waals surface area contributed by atoms with Gasteiger partial charge in [0.25, 0.3) is 5.91 Å². The van der Waals surface area contributed by atoms with Crippen LogP contribution in [-0.2, 0) is 11.3 Å². The van der Waals surface area contributed by atoms with Crippen LogP contribution in [0.15, 0.2) is 42.5 Å². The molecule has 0 aliphatic heterocycles. The molecule has 36 heavy (non-hydrogen) atoms. The Kier molecular flexibility index (Phi) is 13.2. The summed E-state index contributed by atoms with van der Waals surface area (Å²) in [5, 5.41) is 14.3. The van der Waals surface area contributed by atoms with Gasteiger partial charge >= 0.3 is 18.9 Å². The van der Waals surface area contributed by atoms with Gasteiger partial charge in [-0.2, -0.15) is 11.8 Å². The maximum atomic E-state index is 13.2. The van der Waals surface area contributed by atoms with Gasteiger partial charge in [0.05, 0.1) is 12.0 Å². The molecule has 7 heteroatoms. The predicted octanol–water partition coefficient (Wildman–Crippen LogP) is 1.67. The van der Waals surface area contributed by atoms with Gasteiger partial charge in [-0.3, -0.25) is 4.79 Å². The maximum Gasteiger partial charge on any atom is 1.00 e. The first-order chi connectivity index (χ1) is 16.9. The van der Waals surface area contributed by atoms with Gasteiger partial charge in [0.15, 0.2) is 0 Å². The van der Waals surface area contributed by atoms with E-state index in [1.54, 1.807) is 11.8 Å². The smallest absolute Gasteiger partial charge is 0.548 e. The molecule has 1 saturated carbocycles. The molecule has 0 aromatic heterocycles. The summed E-state index contributed by atoms with van der Waals surface area (Å²) >= 11 is 1.55. The molecule has 1 atom stereocenters. The van der Waals surface area contributed by atoms with Crippen LogP contribution in [0.1, 0.15) is 66.4 Å². The number of hydrogen-bond donors (Lipinski definition) is 1. The minimum atomic E-state index is -1.25. The van der Waals surface area contributed by atoms with Crippen molar-refractivity contribution in [1.29, 1.82) is 0 Å². The van der Waals surface area contributed by atoms with Gasteiger partial charge < -0.3 is 20.1 Å². The van der Waals surface area contributed by atoms with E-state index in [9.17, 15) is 14.7 Å². The average Bonchev–Trinajstić information content (AvgIpc) is 2.86. The minimum absolute atomic E-state index is 0. The molecular formula is C29H39LiN2O3S. The molecule has 0 radical (unpaired) electrons. The van der Waals surface area contributed by atoms with Gasteiger partial charge in [-0.1, -0.05) is 62.4 Å². The zero-order chi connectivity index (χ0) is 25.2. The van der Waals surface area contributed by atoms with Crippen LogP contribution in [0.5, 0.6) is 0 Å². The summed E-state index contributed by atoms with van der Waals surface area (Å²) in [5.41, 5.74) is 4.52. The number of carbonyl (C=O) groups is 2. The second-order valence-corrected chi connectivity index (χ2v) is 10.8. The third-order valence-corrected chi connectivity index (χ3v) is 7.70. The number of benzene rings is 2. The Morgan fingerprint density at radius 3 is 2.50 bits per heavy atom. The van der Waals surface area contributed by atoms with E-state index in [1.165, 1.54) is 38.5 Å². The first-order valence-electron chi connectivity index (χ1n) is 12.8. The zero-order valence-electron chi connectivity index (χ0n) is 22.3. The quantitative estimate of drug-likeness (QED) is 0.447. The van der Waals surface area contributed by atoms with E-state index in [0.29, 0.717) is 17.7 Å². The number of carboxylic acid groups (broad SMARTS) is 1. The summed E-state index contributed by atoms with van der Waals surface area (Å²) in [6, 6.07) is 12.9. The third kappa shape index (κ3) is 8.99. The Labute approximate surface area is 233 Å². The van der Waals surface area contributed by atoms with E-state index >= 15 is 0 Å². The molecule has 0 bridgehead atoms. The first kappa shape index (κ1) is 30.5. The monoisotopic (exact) mass is 502 g/mol. The normalized spacial score (nSPS) is 14.8. The molecule has 1 aliphatic rings. The zero-order valence-corrected chi connectivity index (χ0v) is 23.2. The average molecular weight is 503 g/mol. The molecule has 190 valence electrons. The molecule has 5 nitrogen and oxygen atoms in total. The van der Waals surface area contributed by atoms with Crippen LogP contribution in [0, 0.1) is 12.8 Å². The summed E-state index contributed by atoms with van der Waals surface area (Å²) < 4.78 is 0. The molecule has 1 amide bonds. The molecule has 1 aliphatic carbocycles. The second kappa shape index (κ2) is 15.5. The van der Waals surface area contributed by atoms with Crippen LogP contribution >= 0.6 is 11.8 Å². The molecule has 2 aromatic carbocycles. The van der Waals surface area contributed by atoms with Crippen LogP contribution in [0.3, 0.4) is 0 Å². The maximum absolute atomic E-state index is 13.2. The fourth-order valence-electron chi connectivity index (χ4n) is 4.98. The number of aryl methyl sites for hydroxylation is 1. The topological polar surface area (TPSA) is 72.5 Å². The number of carboxylic acids is 1. The number of carbonyl (C=O) groups excluding carboxylic acids is 2. The predicted molar refractivity (Wildman–Crippen MR) is 143 cm³/mol. The number of rotatable bonds is 12. The number of nitrogens with one attached hydrogen (secondary N) is 1. The van der Waals surface area contributed by atoms with E-state index in [2.05, 4.69) is 23.3 Å². The van der Waals surface area contributed by atoms with Crippen molar-refractivity contribution in [1.82, 2.24) is 10.2 Å². The summed E-state index contributed by atoms with van der Waals surface area (Å²) in [7, 11) is 2.16. The van der Waals surface area contributed by atoms with E-state index in [1.807, 2.05) is 49.6 Å². The molecule has 1 N–H and O–H groups in total. The molecule has 0 unspecified atom stereocenters. The van der Waals surface area contributed by atoms with Crippen LogP contribution in [0.2, 0.25) is 0 Å². The number of nitrogens with zero attached hydrogens (tertiary/aromatic N) is 1. The SMILES string of the molecule is CSCC[C@H](NC(=O)c1ccc(CN(C)CCC2CCCCC2)cc1-c1ccccc1C)C(=O)[O-].[Li+]. The number of aliphatic carboxylic acids is 1. The summed E-state index contributed by atoms with van der Waals surface area (Å²) in [5.74, 6) is -0.144. The molecule has 1 fully saturated rings. The van der Waals surface area contributed by atoms with E-state index in [-0.39, 0.29) is 24.8 Å². The fourth-order valence-corrected chi connectivity index (χ4v) is 5.45. The van der Waals surface area contributed by atoms with Gasteiger partial charge in [-0.05, 0) is 85.7 Å². The number of thioether (sulfide) groups is 1. The Bertz CT molecular complexity index is 994. The van der Waals surface area contributed by atoms with Crippen molar-refractivity contribution in [2.24, 2.45) is 5.92 Å². The van der Waals surface area contributed by atoms with Crippen LogP contribution in [-0.4, -0.2) is 48.4 Å². The molecule has 0 saturated heterocycles. The number of amides is 1. The van der Waals surface area contributed by atoms with Crippen molar-refractivity contribution in [3.63, 3.8) is 0 Å². The Morgan fingerprint density at radius 2 is 1.83 bits per heavy atom. The summed E-state index contributed by atoms with van der Waals surface area (Å²) in [4.78, 5) is 27.2. The van der Waals surface area contributed by atoms with Crippen molar-refractivity contribution in [2.75, 3.05) is 25.6 Å².